The van der Waals surface area contributed by atoms with Crippen LogP contribution in [0, 0.1) is 0 Å². The van der Waals surface area contributed by atoms with Gasteiger partial charge in [-0.15, -0.1) is 10.2 Å². The first-order valence-electron chi connectivity index (χ1n) is 10.5. The Labute approximate surface area is 181 Å². The number of nitrogens with zero attached hydrogens (tertiary/aromatic N) is 5. The predicted molar refractivity (Wildman–Crippen MR) is 116 cm³/mol. The normalized spacial score (nSPS) is 17.2. The van der Waals surface area contributed by atoms with Gasteiger partial charge in [0.25, 0.3) is 0 Å². The summed E-state index contributed by atoms with van der Waals surface area (Å²) >= 11 is 1.43. The summed E-state index contributed by atoms with van der Waals surface area (Å²) in [5.74, 6) is 1.37. The lowest BCUT2D eigenvalue weighted by atomic mass is 10.2. The lowest BCUT2D eigenvalue weighted by Crippen LogP contribution is -2.51. The summed E-state index contributed by atoms with van der Waals surface area (Å²) in [6, 6.07) is 10.4. The number of carbonyl (C=O) groups excluding carboxylic acids is 2. The second kappa shape index (κ2) is 9.61. The maximum Gasteiger partial charge on any atom is 0.234 e. The molecule has 1 saturated heterocycles. The third-order valence-electron chi connectivity index (χ3n) is 5.42. The predicted octanol–water partition coefficient (Wildman–Crippen LogP) is 1.48. The minimum Gasteiger partial charge on any atom is -0.352 e. The molecular formula is C21H28N6O2S. The molecule has 2 heterocycles. The minimum absolute atomic E-state index is 0.0981. The maximum absolute atomic E-state index is 12.7. The molecule has 1 aliphatic carbocycles. The van der Waals surface area contributed by atoms with E-state index in [0.717, 1.165) is 49.0 Å². The summed E-state index contributed by atoms with van der Waals surface area (Å²) in [6.07, 6.45) is 2.20. The van der Waals surface area contributed by atoms with Crippen molar-refractivity contribution in [2.24, 2.45) is 0 Å². The molecule has 0 bridgehead atoms. The standard InChI is InChI=1S/C21H28N6O2S/c1-2-27-20(16-6-4-3-5-7-16)23-24-21(27)30-15-19(29)26-12-10-25(11-13-26)14-18(28)22-17-8-9-17/h3-7,17H,2,8-15H2,1H3,(H,22,28). The molecule has 2 aromatic rings. The van der Waals surface area contributed by atoms with Crippen molar-refractivity contribution >= 4 is 23.6 Å². The van der Waals surface area contributed by atoms with Gasteiger partial charge in [-0.3, -0.25) is 14.5 Å². The fourth-order valence-electron chi connectivity index (χ4n) is 3.56. The number of benzene rings is 1. The SMILES string of the molecule is CCn1c(SCC(=O)N2CCN(CC(=O)NC3CC3)CC2)nnc1-c1ccccc1. The Balaban J connectivity index is 1.26. The number of carbonyl (C=O) groups is 2. The molecule has 8 nitrogen and oxygen atoms in total. The molecule has 0 atom stereocenters. The number of aromatic nitrogens is 3. The Morgan fingerprint density at radius 3 is 2.50 bits per heavy atom. The Kier molecular flexibility index (Phi) is 6.69. The van der Waals surface area contributed by atoms with Gasteiger partial charge in [-0.05, 0) is 19.8 Å². The first-order chi connectivity index (χ1) is 14.6. The summed E-state index contributed by atoms with van der Waals surface area (Å²) in [5.41, 5.74) is 1.02. The van der Waals surface area contributed by atoms with Crippen LogP contribution in [-0.4, -0.2) is 80.9 Å². The molecule has 160 valence electrons. The second-order valence-corrected chi connectivity index (χ2v) is 8.65. The number of hydrogen-bond acceptors (Lipinski definition) is 6. The average Bonchev–Trinajstić information content (AvgIpc) is 3.48. The monoisotopic (exact) mass is 428 g/mol. The van der Waals surface area contributed by atoms with Crippen LogP contribution >= 0.6 is 11.8 Å². The highest BCUT2D eigenvalue weighted by molar-refractivity contribution is 7.99. The van der Waals surface area contributed by atoms with Crippen molar-refractivity contribution in [1.29, 1.82) is 0 Å². The van der Waals surface area contributed by atoms with Gasteiger partial charge in [0.2, 0.25) is 11.8 Å². The van der Waals surface area contributed by atoms with E-state index in [1.165, 1.54) is 11.8 Å². The highest BCUT2D eigenvalue weighted by atomic mass is 32.2. The van der Waals surface area contributed by atoms with Crippen molar-refractivity contribution in [1.82, 2.24) is 29.9 Å². The highest BCUT2D eigenvalue weighted by Gasteiger charge is 2.26. The van der Waals surface area contributed by atoms with Gasteiger partial charge in [-0.2, -0.15) is 0 Å². The lowest BCUT2D eigenvalue weighted by molar-refractivity contribution is -0.130. The molecule has 2 amide bonds. The van der Waals surface area contributed by atoms with E-state index in [-0.39, 0.29) is 11.8 Å². The van der Waals surface area contributed by atoms with Crippen LogP contribution in [0.5, 0.6) is 0 Å². The number of thioether (sulfide) groups is 1. The van der Waals surface area contributed by atoms with Crippen molar-refractivity contribution in [3.63, 3.8) is 0 Å². The van der Waals surface area contributed by atoms with Gasteiger partial charge in [-0.1, -0.05) is 42.1 Å². The van der Waals surface area contributed by atoms with Gasteiger partial charge in [0.05, 0.1) is 12.3 Å². The van der Waals surface area contributed by atoms with Crippen LogP contribution in [0.2, 0.25) is 0 Å². The Bertz CT molecular complexity index is 875. The van der Waals surface area contributed by atoms with E-state index in [0.29, 0.717) is 31.4 Å². The average molecular weight is 429 g/mol. The van der Waals surface area contributed by atoms with Crippen molar-refractivity contribution in [3.05, 3.63) is 30.3 Å². The number of amides is 2. The minimum atomic E-state index is 0.0981. The summed E-state index contributed by atoms with van der Waals surface area (Å²) in [5, 5.41) is 12.4. The molecule has 1 aromatic carbocycles. The molecule has 9 heteroatoms. The largest absolute Gasteiger partial charge is 0.352 e. The topological polar surface area (TPSA) is 83.4 Å². The molecule has 1 aromatic heterocycles. The van der Waals surface area contributed by atoms with E-state index >= 15 is 0 Å². The molecule has 2 fully saturated rings. The summed E-state index contributed by atoms with van der Waals surface area (Å²) < 4.78 is 2.05. The number of nitrogens with one attached hydrogen (secondary N) is 1. The van der Waals surface area contributed by atoms with Gasteiger partial charge >= 0.3 is 0 Å². The number of rotatable bonds is 8. The summed E-state index contributed by atoms with van der Waals surface area (Å²) in [7, 11) is 0. The molecule has 1 N–H and O–H groups in total. The van der Waals surface area contributed by atoms with Crippen LogP contribution in [-0.2, 0) is 16.1 Å². The molecule has 1 saturated carbocycles. The van der Waals surface area contributed by atoms with Crippen molar-refractivity contribution < 1.29 is 9.59 Å². The second-order valence-electron chi connectivity index (χ2n) is 7.70. The smallest absolute Gasteiger partial charge is 0.234 e. The van der Waals surface area contributed by atoms with Crippen LogP contribution in [0.15, 0.2) is 35.5 Å². The summed E-state index contributed by atoms with van der Waals surface area (Å²) in [4.78, 5) is 28.6. The Hall–Kier alpha value is -2.39. The van der Waals surface area contributed by atoms with E-state index in [2.05, 4.69) is 27.3 Å². The van der Waals surface area contributed by atoms with Crippen LogP contribution in [0.4, 0.5) is 0 Å². The highest BCUT2D eigenvalue weighted by Crippen LogP contribution is 2.24. The van der Waals surface area contributed by atoms with Crippen LogP contribution in [0.3, 0.4) is 0 Å². The van der Waals surface area contributed by atoms with E-state index in [1.807, 2.05) is 39.8 Å². The van der Waals surface area contributed by atoms with E-state index in [4.69, 9.17) is 0 Å². The summed E-state index contributed by atoms with van der Waals surface area (Å²) in [6.45, 7) is 6.01. The number of hydrogen-bond donors (Lipinski definition) is 1. The molecule has 0 unspecified atom stereocenters. The quantitative estimate of drug-likeness (QED) is 0.642. The third kappa shape index (κ3) is 5.20. The van der Waals surface area contributed by atoms with Gasteiger partial charge < -0.3 is 14.8 Å². The zero-order valence-corrected chi connectivity index (χ0v) is 18.1. The van der Waals surface area contributed by atoms with E-state index in [9.17, 15) is 9.59 Å². The zero-order chi connectivity index (χ0) is 20.9. The molecular weight excluding hydrogens is 400 g/mol. The zero-order valence-electron chi connectivity index (χ0n) is 17.3. The maximum atomic E-state index is 12.7. The lowest BCUT2D eigenvalue weighted by Gasteiger charge is -2.34. The van der Waals surface area contributed by atoms with Crippen LogP contribution in [0.1, 0.15) is 19.8 Å². The van der Waals surface area contributed by atoms with Gasteiger partial charge in [0.15, 0.2) is 11.0 Å². The number of piperazine rings is 1. The van der Waals surface area contributed by atoms with Crippen molar-refractivity contribution in [2.45, 2.75) is 37.5 Å². The van der Waals surface area contributed by atoms with Crippen LogP contribution < -0.4 is 5.32 Å². The molecule has 0 radical (unpaired) electrons. The first kappa shape index (κ1) is 20.9. The van der Waals surface area contributed by atoms with Crippen molar-refractivity contribution in [3.8, 4) is 11.4 Å². The van der Waals surface area contributed by atoms with Gasteiger partial charge in [-0.25, -0.2) is 0 Å². The third-order valence-corrected chi connectivity index (χ3v) is 6.38. The van der Waals surface area contributed by atoms with Crippen molar-refractivity contribution in [2.75, 3.05) is 38.5 Å². The fraction of sp³-hybridized carbons (Fsp3) is 0.524. The van der Waals surface area contributed by atoms with E-state index in [1.54, 1.807) is 0 Å². The Morgan fingerprint density at radius 2 is 1.83 bits per heavy atom. The fourth-order valence-corrected chi connectivity index (χ4v) is 4.46. The molecule has 4 rings (SSSR count). The molecule has 1 aliphatic heterocycles. The van der Waals surface area contributed by atoms with E-state index < -0.39 is 0 Å². The van der Waals surface area contributed by atoms with Gasteiger partial charge in [0, 0.05) is 44.3 Å². The molecule has 2 aliphatic rings. The van der Waals surface area contributed by atoms with Crippen LogP contribution in [0.25, 0.3) is 11.4 Å². The Morgan fingerprint density at radius 1 is 1.10 bits per heavy atom. The first-order valence-corrected chi connectivity index (χ1v) is 11.5. The van der Waals surface area contributed by atoms with Gasteiger partial charge in [0.1, 0.15) is 0 Å². The molecule has 30 heavy (non-hydrogen) atoms. The molecule has 0 spiro atoms.